The van der Waals surface area contributed by atoms with Crippen LogP contribution in [-0.4, -0.2) is 50.5 Å². The number of amides is 2. The number of hydrogen-bond acceptors (Lipinski definition) is 4. The molecule has 0 spiro atoms. The fourth-order valence-electron chi connectivity index (χ4n) is 3.97. The van der Waals surface area contributed by atoms with Gasteiger partial charge in [0.25, 0.3) is 0 Å². The molecule has 0 aliphatic rings. The van der Waals surface area contributed by atoms with Crippen LogP contribution in [0.1, 0.15) is 24.5 Å². The number of carbonyl (C=O) groups is 2. The number of anilines is 1. The highest BCUT2D eigenvalue weighted by Crippen LogP contribution is 2.26. The van der Waals surface area contributed by atoms with E-state index in [-0.39, 0.29) is 18.9 Å². The summed E-state index contributed by atoms with van der Waals surface area (Å²) in [5.74, 6) is -0.893. The highest BCUT2D eigenvalue weighted by atomic mass is 79.9. The summed E-state index contributed by atoms with van der Waals surface area (Å²) in [7, 11) is -3.84. The van der Waals surface area contributed by atoms with Gasteiger partial charge in [0, 0.05) is 34.0 Å². The lowest BCUT2D eigenvalue weighted by Gasteiger charge is -2.33. The van der Waals surface area contributed by atoms with Crippen LogP contribution in [0.2, 0.25) is 10.0 Å². The molecule has 0 aromatic heterocycles. The Bertz CT molecular complexity index is 1390. The summed E-state index contributed by atoms with van der Waals surface area (Å²) in [4.78, 5) is 28.9. The van der Waals surface area contributed by atoms with Crippen molar-refractivity contribution in [1.29, 1.82) is 0 Å². The number of benzene rings is 3. The highest BCUT2D eigenvalue weighted by Gasteiger charge is 2.33. The predicted octanol–water partition coefficient (Wildman–Crippen LogP) is 5.69. The van der Waals surface area contributed by atoms with E-state index in [1.54, 1.807) is 42.5 Å². The summed E-state index contributed by atoms with van der Waals surface area (Å²) < 4.78 is 27.4. The molecular formula is C28H30BrCl2N3O4S. The van der Waals surface area contributed by atoms with Crippen molar-refractivity contribution in [2.24, 2.45) is 0 Å². The highest BCUT2D eigenvalue weighted by molar-refractivity contribution is 9.10. The molecule has 3 aromatic carbocycles. The molecule has 1 N–H and O–H groups in total. The van der Waals surface area contributed by atoms with Gasteiger partial charge in [-0.25, -0.2) is 8.42 Å². The third-order valence-corrected chi connectivity index (χ3v) is 8.23. The number of hydrogen-bond donors (Lipinski definition) is 1. The quantitative estimate of drug-likeness (QED) is 0.272. The molecule has 0 aliphatic heterocycles. The van der Waals surface area contributed by atoms with Gasteiger partial charge in [0.2, 0.25) is 21.8 Å². The average molecular weight is 655 g/mol. The molecule has 0 heterocycles. The second-order valence-corrected chi connectivity index (χ2v) is 12.7. The molecule has 7 nitrogen and oxygen atoms in total. The van der Waals surface area contributed by atoms with Crippen molar-refractivity contribution in [3.63, 3.8) is 0 Å². The normalized spacial score (nSPS) is 12.0. The fourth-order valence-corrected chi connectivity index (χ4v) is 5.56. The van der Waals surface area contributed by atoms with Gasteiger partial charge in [0.15, 0.2) is 0 Å². The third kappa shape index (κ3) is 8.96. The van der Waals surface area contributed by atoms with Crippen LogP contribution in [-0.2, 0) is 32.6 Å². The van der Waals surface area contributed by atoms with Crippen molar-refractivity contribution in [1.82, 2.24) is 10.2 Å². The monoisotopic (exact) mass is 653 g/mol. The molecule has 0 saturated carbocycles. The van der Waals surface area contributed by atoms with E-state index in [1.807, 2.05) is 37.3 Å². The summed E-state index contributed by atoms with van der Waals surface area (Å²) in [6.45, 7) is 1.84. The first-order valence-corrected chi connectivity index (χ1v) is 15.7. The second kappa shape index (κ2) is 14.2. The Morgan fingerprint density at radius 2 is 1.67 bits per heavy atom. The summed E-state index contributed by atoms with van der Waals surface area (Å²) in [6, 6.07) is 19.9. The van der Waals surface area contributed by atoms with Crippen LogP contribution in [0.4, 0.5) is 5.69 Å². The van der Waals surface area contributed by atoms with E-state index in [2.05, 4.69) is 21.2 Å². The molecule has 1 atom stereocenters. The van der Waals surface area contributed by atoms with Crippen LogP contribution in [0.5, 0.6) is 0 Å². The minimum atomic E-state index is -3.84. The van der Waals surface area contributed by atoms with E-state index in [9.17, 15) is 18.0 Å². The average Bonchev–Trinajstić information content (AvgIpc) is 2.89. The van der Waals surface area contributed by atoms with E-state index in [1.165, 1.54) is 4.90 Å². The molecule has 11 heteroatoms. The molecule has 3 rings (SSSR count). The molecule has 208 valence electrons. The Hall–Kier alpha value is -2.59. The van der Waals surface area contributed by atoms with Gasteiger partial charge in [-0.15, -0.1) is 0 Å². The minimum absolute atomic E-state index is 0.0240. The van der Waals surface area contributed by atoms with Crippen molar-refractivity contribution in [2.75, 3.05) is 23.7 Å². The van der Waals surface area contributed by atoms with Crippen molar-refractivity contribution in [3.8, 4) is 0 Å². The number of sulfonamides is 1. The third-order valence-electron chi connectivity index (χ3n) is 5.97. The van der Waals surface area contributed by atoms with Gasteiger partial charge in [0.1, 0.15) is 12.6 Å². The molecule has 0 radical (unpaired) electrons. The number of nitrogens with one attached hydrogen (secondary N) is 1. The molecular weight excluding hydrogens is 625 g/mol. The van der Waals surface area contributed by atoms with Gasteiger partial charge in [-0.05, 0) is 53.9 Å². The largest absolute Gasteiger partial charge is 0.354 e. The van der Waals surface area contributed by atoms with Crippen LogP contribution < -0.4 is 9.62 Å². The van der Waals surface area contributed by atoms with Gasteiger partial charge in [-0.2, -0.15) is 0 Å². The Morgan fingerprint density at radius 3 is 2.26 bits per heavy atom. The van der Waals surface area contributed by atoms with Crippen molar-refractivity contribution >= 4 is 66.7 Å². The van der Waals surface area contributed by atoms with Crippen LogP contribution in [0.25, 0.3) is 0 Å². The Morgan fingerprint density at radius 1 is 1.00 bits per heavy atom. The molecule has 3 aromatic rings. The van der Waals surface area contributed by atoms with E-state index < -0.39 is 28.5 Å². The van der Waals surface area contributed by atoms with Crippen molar-refractivity contribution in [2.45, 2.75) is 32.4 Å². The zero-order chi connectivity index (χ0) is 28.6. The van der Waals surface area contributed by atoms with Gasteiger partial charge in [0.05, 0.1) is 11.9 Å². The van der Waals surface area contributed by atoms with Gasteiger partial charge in [-0.1, -0.05) is 82.5 Å². The van der Waals surface area contributed by atoms with Gasteiger partial charge >= 0.3 is 0 Å². The zero-order valence-electron chi connectivity index (χ0n) is 21.6. The number of halogens is 3. The number of rotatable bonds is 12. The maximum absolute atomic E-state index is 14.0. The lowest BCUT2D eigenvalue weighted by Crippen LogP contribution is -2.53. The van der Waals surface area contributed by atoms with Crippen molar-refractivity contribution in [3.05, 3.63) is 98.4 Å². The van der Waals surface area contributed by atoms with Gasteiger partial charge in [-0.3, -0.25) is 13.9 Å². The number of carbonyl (C=O) groups excluding carboxylic acids is 2. The topological polar surface area (TPSA) is 86.8 Å². The Labute approximate surface area is 248 Å². The van der Waals surface area contributed by atoms with Crippen LogP contribution in [0, 0.1) is 0 Å². The van der Waals surface area contributed by atoms with E-state index in [4.69, 9.17) is 23.2 Å². The second-order valence-electron chi connectivity index (χ2n) is 9.00. The Balaban J connectivity index is 2.06. The molecule has 1 unspecified atom stereocenters. The standard InChI is InChI=1S/C28H30BrCl2N3O4S/c1-3-15-32-28(36)26(16-20-7-5-4-6-8-20)33(18-21-9-12-23(30)17-25(21)31)27(35)19-34(39(2,37)38)24-13-10-22(29)11-14-24/h4-14,17,26H,3,15-16,18-19H2,1-2H3,(H,32,36). The van der Waals surface area contributed by atoms with E-state index >= 15 is 0 Å². The van der Waals surface area contributed by atoms with Gasteiger partial charge < -0.3 is 10.2 Å². The maximum atomic E-state index is 14.0. The first kappa shape index (κ1) is 30.9. The maximum Gasteiger partial charge on any atom is 0.244 e. The van der Waals surface area contributed by atoms with Crippen molar-refractivity contribution < 1.29 is 18.0 Å². The number of nitrogens with zero attached hydrogens (tertiary/aromatic N) is 2. The first-order valence-electron chi connectivity index (χ1n) is 12.3. The first-order chi connectivity index (χ1) is 18.5. The van der Waals surface area contributed by atoms with Crippen LogP contribution >= 0.6 is 39.1 Å². The predicted molar refractivity (Wildman–Crippen MR) is 161 cm³/mol. The SMILES string of the molecule is CCCNC(=O)C(Cc1ccccc1)N(Cc1ccc(Cl)cc1Cl)C(=O)CN(c1ccc(Br)cc1)S(C)(=O)=O. The molecule has 2 amide bonds. The molecule has 0 saturated heterocycles. The molecule has 39 heavy (non-hydrogen) atoms. The lowest BCUT2D eigenvalue weighted by atomic mass is 10.0. The lowest BCUT2D eigenvalue weighted by molar-refractivity contribution is -0.140. The minimum Gasteiger partial charge on any atom is -0.354 e. The molecule has 0 aliphatic carbocycles. The summed E-state index contributed by atoms with van der Waals surface area (Å²) in [5.41, 5.74) is 1.75. The summed E-state index contributed by atoms with van der Waals surface area (Å²) >= 11 is 15.9. The summed E-state index contributed by atoms with van der Waals surface area (Å²) in [5, 5.41) is 3.66. The van der Waals surface area contributed by atoms with E-state index in [0.29, 0.717) is 34.3 Å². The van der Waals surface area contributed by atoms with Crippen LogP contribution in [0.15, 0.2) is 77.3 Å². The Kier molecular flexibility index (Phi) is 11.2. The van der Waals surface area contributed by atoms with E-state index in [0.717, 1.165) is 20.6 Å². The molecule has 0 bridgehead atoms. The summed E-state index contributed by atoms with van der Waals surface area (Å²) in [6.07, 6.45) is 1.98. The molecule has 0 fully saturated rings. The van der Waals surface area contributed by atoms with Crippen LogP contribution in [0.3, 0.4) is 0 Å². The fraction of sp³-hybridized carbons (Fsp3) is 0.286. The smallest absolute Gasteiger partial charge is 0.244 e. The zero-order valence-corrected chi connectivity index (χ0v) is 25.5.